The largest absolute Gasteiger partial charge is 0.328 e. The van der Waals surface area contributed by atoms with Gasteiger partial charge in [0.1, 0.15) is 5.82 Å². The molecule has 0 saturated carbocycles. The van der Waals surface area contributed by atoms with Gasteiger partial charge >= 0.3 is 5.69 Å². The van der Waals surface area contributed by atoms with E-state index in [9.17, 15) is 14.0 Å². The molecule has 0 radical (unpaired) electrons. The van der Waals surface area contributed by atoms with Gasteiger partial charge in [-0.25, -0.2) is 14.2 Å². The summed E-state index contributed by atoms with van der Waals surface area (Å²) in [6, 6.07) is 13.3. The van der Waals surface area contributed by atoms with Crippen LogP contribution in [0.1, 0.15) is 17.1 Å². The Morgan fingerprint density at radius 2 is 1.83 bits per heavy atom. The molecule has 0 atom stereocenters. The van der Waals surface area contributed by atoms with Crippen molar-refractivity contribution in [3.63, 3.8) is 0 Å². The van der Waals surface area contributed by atoms with Crippen LogP contribution in [-0.4, -0.2) is 20.0 Å². The second-order valence-electron chi connectivity index (χ2n) is 7.05. The molecule has 154 valence electrons. The van der Waals surface area contributed by atoms with E-state index in [4.69, 9.17) is 0 Å². The number of imidazole rings is 1. The number of fused-ring (bicyclic) bond motifs is 1. The van der Waals surface area contributed by atoms with Crippen molar-refractivity contribution < 1.29 is 9.18 Å². The summed E-state index contributed by atoms with van der Waals surface area (Å²) in [6.45, 7) is 2.46. The zero-order valence-electron chi connectivity index (χ0n) is 16.7. The van der Waals surface area contributed by atoms with Crippen molar-refractivity contribution in [2.75, 3.05) is 4.90 Å². The lowest BCUT2D eigenvalue weighted by molar-refractivity contribution is -0.119. The lowest BCUT2D eigenvalue weighted by Crippen LogP contribution is -2.32. The maximum absolute atomic E-state index is 13.4. The number of carbonyl (C=O) groups is 1. The molecular formula is C22H21FN4O2S. The van der Waals surface area contributed by atoms with Crippen LogP contribution in [0.5, 0.6) is 0 Å². The molecule has 0 unspecified atom stereocenters. The topological polar surface area (TPSA) is 60.1 Å². The zero-order chi connectivity index (χ0) is 21.3. The molecule has 1 amide bonds. The fourth-order valence-corrected chi connectivity index (χ4v) is 4.11. The van der Waals surface area contributed by atoms with Crippen LogP contribution in [0.15, 0.2) is 58.7 Å². The van der Waals surface area contributed by atoms with Crippen molar-refractivity contribution in [3.8, 4) is 0 Å². The van der Waals surface area contributed by atoms with E-state index in [2.05, 4.69) is 4.98 Å². The summed E-state index contributed by atoms with van der Waals surface area (Å²) in [7, 11) is 1.72. The summed E-state index contributed by atoms with van der Waals surface area (Å²) >= 11 is 1.51. The summed E-state index contributed by atoms with van der Waals surface area (Å²) in [5, 5.41) is 2.83. The molecule has 2 aromatic carbocycles. The first kappa shape index (κ1) is 20.0. The summed E-state index contributed by atoms with van der Waals surface area (Å²) in [4.78, 5) is 31.8. The third kappa shape index (κ3) is 3.91. The first-order chi connectivity index (χ1) is 14.4. The van der Waals surface area contributed by atoms with E-state index in [1.165, 1.54) is 23.5 Å². The van der Waals surface area contributed by atoms with Crippen molar-refractivity contribution in [3.05, 3.63) is 80.9 Å². The lowest BCUT2D eigenvalue weighted by Gasteiger charge is -2.22. The molecule has 4 aromatic rings. The number of aromatic nitrogens is 3. The Kier molecular flexibility index (Phi) is 5.50. The number of benzene rings is 2. The number of halogens is 1. The average molecular weight is 425 g/mol. The van der Waals surface area contributed by atoms with E-state index in [0.29, 0.717) is 12.2 Å². The SMILES string of the molecule is Cc1nc(CN(C(=O)CCn2c(=O)n(C)c3ccccc32)c2ccc(F)cc2)cs1. The summed E-state index contributed by atoms with van der Waals surface area (Å²) in [5.41, 5.74) is 2.83. The molecule has 2 heterocycles. The number of para-hydroxylation sites is 2. The standard InChI is InChI=1S/C22H21FN4O2S/c1-15-24-17(14-30-15)13-27(18-9-7-16(23)8-10-18)21(28)11-12-26-20-6-4-3-5-19(20)25(2)22(26)29/h3-10,14H,11-13H2,1-2H3. The zero-order valence-corrected chi connectivity index (χ0v) is 17.5. The highest BCUT2D eigenvalue weighted by molar-refractivity contribution is 7.09. The normalized spacial score (nSPS) is 11.2. The van der Waals surface area contributed by atoms with E-state index in [1.807, 2.05) is 36.6 Å². The predicted molar refractivity (Wildman–Crippen MR) is 116 cm³/mol. The molecular weight excluding hydrogens is 403 g/mol. The van der Waals surface area contributed by atoms with Crippen LogP contribution in [0.25, 0.3) is 11.0 Å². The maximum atomic E-state index is 13.4. The van der Waals surface area contributed by atoms with E-state index >= 15 is 0 Å². The number of carbonyl (C=O) groups excluding carboxylic acids is 1. The van der Waals surface area contributed by atoms with Crippen LogP contribution < -0.4 is 10.6 Å². The van der Waals surface area contributed by atoms with Crippen LogP contribution in [0.4, 0.5) is 10.1 Å². The van der Waals surface area contributed by atoms with Crippen molar-refractivity contribution in [2.45, 2.75) is 26.4 Å². The van der Waals surface area contributed by atoms with Gasteiger partial charge in [-0.3, -0.25) is 13.9 Å². The van der Waals surface area contributed by atoms with Gasteiger partial charge in [-0.15, -0.1) is 11.3 Å². The van der Waals surface area contributed by atoms with Gasteiger partial charge in [0.2, 0.25) is 5.91 Å². The Hall–Kier alpha value is -3.26. The molecule has 0 saturated heterocycles. The molecule has 0 aliphatic carbocycles. The van der Waals surface area contributed by atoms with Gasteiger partial charge in [-0.2, -0.15) is 0 Å². The molecule has 0 spiro atoms. The molecule has 2 aromatic heterocycles. The third-order valence-corrected chi connectivity index (χ3v) is 5.85. The van der Waals surface area contributed by atoms with Gasteiger partial charge in [0.15, 0.2) is 0 Å². The van der Waals surface area contributed by atoms with E-state index in [0.717, 1.165) is 21.7 Å². The number of hydrogen-bond donors (Lipinski definition) is 0. The number of hydrogen-bond acceptors (Lipinski definition) is 4. The summed E-state index contributed by atoms with van der Waals surface area (Å²) < 4.78 is 16.6. The van der Waals surface area contributed by atoms with Crippen LogP contribution in [0.2, 0.25) is 0 Å². The van der Waals surface area contributed by atoms with Gasteiger partial charge < -0.3 is 4.90 Å². The molecule has 0 N–H and O–H groups in total. The van der Waals surface area contributed by atoms with Crippen LogP contribution in [-0.2, 0) is 24.9 Å². The smallest absolute Gasteiger partial charge is 0.306 e. The van der Waals surface area contributed by atoms with Gasteiger partial charge in [-0.1, -0.05) is 12.1 Å². The molecule has 30 heavy (non-hydrogen) atoms. The quantitative estimate of drug-likeness (QED) is 0.472. The molecule has 6 nitrogen and oxygen atoms in total. The number of aryl methyl sites for hydroxylation is 3. The van der Waals surface area contributed by atoms with E-state index in [-0.39, 0.29) is 30.4 Å². The minimum Gasteiger partial charge on any atom is -0.306 e. The van der Waals surface area contributed by atoms with Crippen molar-refractivity contribution in [1.82, 2.24) is 14.1 Å². The third-order valence-electron chi connectivity index (χ3n) is 5.03. The van der Waals surface area contributed by atoms with Crippen molar-refractivity contribution in [1.29, 1.82) is 0 Å². The summed E-state index contributed by atoms with van der Waals surface area (Å²) in [6.07, 6.45) is 0.133. The highest BCUT2D eigenvalue weighted by Crippen LogP contribution is 2.21. The van der Waals surface area contributed by atoms with Crippen LogP contribution in [0, 0.1) is 12.7 Å². The minimum atomic E-state index is -0.363. The Morgan fingerprint density at radius 1 is 1.13 bits per heavy atom. The second-order valence-corrected chi connectivity index (χ2v) is 8.11. The van der Waals surface area contributed by atoms with Crippen molar-refractivity contribution in [2.24, 2.45) is 7.05 Å². The highest BCUT2D eigenvalue weighted by Gasteiger charge is 2.19. The first-order valence-electron chi connectivity index (χ1n) is 9.55. The number of nitrogens with zero attached hydrogens (tertiary/aromatic N) is 4. The number of anilines is 1. The summed E-state index contributed by atoms with van der Waals surface area (Å²) in [5.74, 6) is -0.523. The Labute approximate surface area is 176 Å². The van der Waals surface area contributed by atoms with Crippen molar-refractivity contribution >= 4 is 34.0 Å². The average Bonchev–Trinajstić information content (AvgIpc) is 3.26. The van der Waals surface area contributed by atoms with E-state index < -0.39 is 0 Å². The molecule has 0 aliphatic rings. The molecule has 0 aliphatic heterocycles. The Bertz CT molecular complexity index is 1260. The molecule has 8 heteroatoms. The molecule has 0 bridgehead atoms. The highest BCUT2D eigenvalue weighted by atomic mass is 32.1. The van der Waals surface area contributed by atoms with E-state index in [1.54, 1.807) is 33.2 Å². The maximum Gasteiger partial charge on any atom is 0.328 e. The minimum absolute atomic E-state index is 0.133. The van der Waals surface area contributed by atoms with Gasteiger partial charge in [-0.05, 0) is 43.3 Å². The van der Waals surface area contributed by atoms with Gasteiger partial charge in [0, 0.05) is 31.1 Å². The monoisotopic (exact) mass is 424 g/mol. The number of rotatable bonds is 6. The van der Waals surface area contributed by atoms with Gasteiger partial charge in [0.05, 0.1) is 28.3 Å². The molecule has 0 fully saturated rings. The lowest BCUT2D eigenvalue weighted by atomic mass is 10.2. The number of amides is 1. The van der Waals surface area contributed by atoms with Crippen LogP contribution in [0.3, 0.4) is 0 Å². The fraction of sp³-hybridized carbons (Fsp3) is 0.227. The van der Waals surface area contributed by atoms with Gasteiger partial charge in [0.25, 0.3) is 0 Å². The predicted octanol–water partition coefficient (Wildman–Crippen LogP) is 3.87. The fourth-order valence-electron chi connectivity index (χ4n) is 3.51. The molecule has 4 rings (SSSR count). The van der Waals surface area contributed by atoms with Crippen LogP contribution >= 0.6 is 11.3 Å². The Balaban J connectivity index is 1.60. The number of thiazole rings is 1. The Morgan fingerprint density at radius 3 is 2.50 bits per heavy atom. The first-order valence-corrected chi connectivity index (χ1v) is 10.4. The second kappa shape index (κ2) is 8.23.